The lowest BCUT2D eigenvalue weighted by Gasteiger charge is -2.31. The Labute approximate surface area is 87.3 Å². The lowest BCUT2D eigenvalue weighted by molar-refractivity contribution is -0.0428. The molecule has 3 nitrogen and oxygen atoms in total. The van der Waals surface area contributed by atoms with E-state index in [1.807, 2.05) is 12.3 Å². The van der Waals surface area contributed by atoms with Crippen LogP contribution in [0.15, 0.2) is 11.4 Å². The van der Waals surface area contributed by atoms with Crippen LogP contribution in [0.1, 0.15) is 36.7 Å². The van der Waals surface area contributed by atoms with Crippen molar-refractivity contribution in [2.45, 2.75) is 31.8 Å². The van der Waals surface area contributed by atoms with Gasteiger partial charge >= 0.3 is 0 Å². The second-order valence-electron chi connectivity index (χ2n) is 3.75. The van der Waals surface area contributed by atoms with Gasteiger partial charge in [-0.2, -0.15) is 4.37 Å². The zero-order valence-corrected chi connectivity index (χ0v) is 8.97. The molecule has 0 bridgehead atoms. The Morgan fingerprint density at radius 2 is 2.50 bits per heavy atom. The molecule has 1 aromatic heterocycles. The first-order valence-corrected chi connectivity index (χ1v) is 5.65. The minimum absolute atomic E-state index is 0.0263. The van der Waals surface area contributed by atoms with Crippen molar-refractivity contribution in [2.24, 2.45) is 0 Å². The van der Waals surface area contributed by atoms with Gasteiger partial charge in [-0.25, -0.2) is 0 Å². The van der Waals surface area contributed by atoms with Gasteiger partial charge in [0.2, 0.25) is 5.78 Å². The van der Waals surface area contributed by atoms with Crippen LogP contribution < -0.4 is 0 Å². The van der Waals surface area contributed by atoms with Crippen LogP contribution in [0.25, 0.3) is 0 Å². The first kappa shape index (κ1) is 9.80. The average Bonchev–Trinajstić information content (AvgIpc) is 2.70. The summed E-state index contributed by atoms with van der Waals surface area (Å²) in [7, 11) is 0. The number of rotatable bonds is 2. The van der Waals surface area contributed by atoms with Gasteiger partial charge in [-0.15, -0.1) is 0 Å². The third kappa shape index (κ3) is 1.72. The van der Waals surface area contributed by atoms with E-state index >= 15 is 0 Å². The Morgan fingerprint density at radius 3 is 3.07 bits per heavy atom. The SMILES string of the molecule is CC1(C(=O)c2ccsn2)CCCCO1. The minimum Gasteiger partial charge on any atom is -0.367 e. The van der Waals surface area contributed by atoms with Crippen LogP contribution in [0.5, 0.6) is 0 Å². The normalized spacial score (nSPS) is 27.5. The van der Waals surface area contributed by atoms with E-state index in [0.29, 0.717) is 12.3 Å². The van der Waals surface area contributed by atoms with Crippen molar-refractivity contribution >= 4 is 17.3 Å². The molecule has 1 saturated heterocycles. The van der Waals surface area contributed by atoms with Crippen LogP contribution in [0.4, 0.5) is 0 Å². The van der Waals surface area contributed by atoms with Crippen molar-refractivity contribution in [1.29, 1.82) is 0 Å². The third-order valence-corrected chi connectivity index (χ3v) is 3.18. The molecular weight excluding hydrogens is 198 g/mol. The molecule has 1 unspecified atom stereocenters. The average molecular weight is 211 g/mol. The highest BCUT2D eigenvalue weighted by Gasteiger charge is 2.37. The summed E-state index contributed by atoms with van der Waals surface area (Å²) in [5.74, 6) is 0.0263. The summed E-state index contributed by atoms with van der Waals surface area (Å²) in [5.41, 5.74) is -0.0915. The molecule has 0 aliphatic carbocycles. The number of ketones is 1. The first-order chi connectivity index (χ1) is 6.72. The fraction of sp³-hybridized carbons (Fsp3) is 0.600. The predicted molar refractivity (Wildman–Crippen MR) is 54.7 cm³/mol. The molecule has 1 aliphatic heterocycles. The Balaban J connectivity index is 2.17. The molecule has 76 valence electrons. The van der Waals surface area contributed by atoms with Crippen molar-refractivity contribution in [3.63, 3.8) is 0 Å². The molecule has 2 heterocycles. The topological polar surface area (TPSA) is 39.2 Å². The van der Waals surface area contributed by atoms with Gasteiger partial charge in [-0.1, -0.05) is 0 Å². The van der Waals surface area contributed by atoms with Crippen molar-refractivity contribution < 1.29 is 9.53 Å². The lowest BCUT2D eigenvalue weighted by atomic mass is 9.90. The Hall–Kier alpha value is -0.740. The second kappa shape index (κ2) is 3.79. The molecule has 1 atom stereocenters. The summed E-state index contributed by atoms with van der Waals surface area (Å²) in [4.78, 5) is 12.0. The van der Waals surface area contributed by atoms with Crippen molar-refractivity contribution in [1.82, 2.24) is 4.37 Å². The molecule has 0 spiro atoms. The molecule has 14 heavy (non-hydrogen) atoms. The van der Waals surface area contributed by atoms with Crippen LogP contribution in [0.3, 0.4) is 0 Å². The van der Waals surface area contributed by atoms with Crippen LogP contribution in [-0.4, -0.2) is 22.4 Å². The smallest absolute Gasteiger partial charge is 0.213 e. The minimum atomic E-state index is -0.633. The second-order valence-corrected chi connectivity index (χ2v) is 4.42. The number of hydrogen-bond donors (Lipinski definition) is 0. The zero-order valence-electron chi connectivity index (χ0n) is 8.16. The number of carbonyl (C=O) groups is 1. The molecule has 2 rings (SSSR count). The molecule has 0 radical (unpaired) electrons. The number of hydrogen-bond acceptors (Lipinski definition) is 4. The van der Waals surface area contributed by atoms with E-state index in [1.165, 1.54) is 11.5 Å². The Kier molecular flexibility index (Phi) is 2.65. The number of aromatic nitrogens is 1. The monoisotopic (exact) mass is 211 g/mol. The Bertz CT molecular complexity index is 315. The fourth-order valence-electron chi connectivity index (χ4n) is 1.71. The largest absolute Gasteiger partial charge is 0.367 e. The zero-order chi connectivity index (χ0) is 10.0. The van der Waals surface area contributed by atoms with E-state index in [0.717, 1.165) is 19.3 Å². The van der Waals surface area contributed by atoms with Gasteiger partial charge in [0.1, 0.15) is 11.3 Å². The summed E-state index contributed by atoms with van der Waals surface area (Å²) in [6.45, 7) is 2.56. The molecule has 0 amide bonds. The van der Waals surface area contributed by atoms with Gasteiger partial charge < -0.3 is 4.74 Å². The maximum Gasteiger partial charge on any atom is 0.213 e. The molecule has 0 N–H and O–H groups in total. The molecule has 4 heteroatoms. The van der Waals surface area contributed by atoms with E-state index in [4.69, 9.17) is 4.74 Å². The van der Waals surface area contributed by atoms with Crippen molar-refractivity contribution in [3.05, 3.63) is 17.1 Å². The van der Waals surface area contributed by atoms with Gasteiger partial charge in [0.05, 0.1) is 0 Å². The van der Waals surface area contributed by atoms with Crippen molar-refractivity contribution in [3.8, 4) is 0 Å². The molecular formula is C10H13NO2S. The van der Waals surface area contributed by atoms with Gasteiger partial charge in [-0.05, 0) is 43.8 Å². The van der Waals surface area contributed by atoms with Crippen molar-refractivity contribution in [2.75, 3.05) is 6.61 Å². The van der Waals surface area contributed by atoms with E-state index in [9.17, 15) is 4.79 Å². The maximum atomic E-state index is 12.0. The Morgan fingerprint density at radius 1 is 1.64 bits per heavy atom. The highest BCUT2D eigenvalue weighted by Crippen LogP contribution is 2.27. The van der Waals surface area contributed by atoms with Crippen LogP contribution in [0.2, 0.25) is 0 Å². The summed E-state index contributed by atoms with van der Waals surface area (Å²) in [5, 5.41) is 1.82. The van der Waals surface area contributed by atoms with Gasteiger partial charge in [0.25, 0.3) is 0 Å². The molecule has 0 saturated carbocycles. The van der Waals surface area contributed by atoms with Crippen LogP contribution in [0, 0.1) is 0 Å². The standard InChI is InChI=1S/C10H13NO2S/c1-10(5-2-3-6-13-10)9(12)8-4-7-14-11-8/h4,7H,2-3,5-6H2,1H3. The summed E-state index contributed by atoms with van der Waals surface area (Å²) in [6, 6.07) is 1.76. The van der Waals surface area contributed by atoms with Crippen LogP contribution >= 0.6 is 11.5 Å². The third-order valence-electron chi connectivity index (χ3n) is 2.62. The number of ether oxygens (including phenoxy) is 1. The highest BCUT2D eigenvalue weighted by molar-refractivity contribution is 7.03. The number of Topliss-reactive ketones (excluding diaryl/α,β-unsaturated/α-hetero) is 1. The predicted octanol–water partition coefficient (Wildman–Crippen LogP) is 2.29. The van der Waals surface area contributed by atoms with Gasteiger partial charge in [-0.3, -0.25) is 4.79 Å². The fourth-order valence-corrected chi connectivity index (χ4v) is 2.22. The van der Waals surface area contributed by atoms with Crippen LogP contribution in [-0.2, 0) is 4.74 Å². The summed E-state index contributed by atoms with van der Waals surface area (Å²) in [6.07, 6.45) is 2.93. The lowest BCUT2D eigenvalue weighted by Crippen LogP contribution is -2.41. The first-order valence-electron chi connectivity index (χ1n) is 4.81. The van der Waals surface area contributed by atoms with E-state index in [1.54, 1.807) is 6.07 Å². The summed E-state index contributed by atoms with van der Waals surface area (Å²) < 4.78 is 9.61. The summed E-state index contributed by atoms with van der Waals surface area (Å²) >= 11 is 1.30. The quantitative estimate of drug-likeness (QED) is 0.704. The van der Waals surface area contributed by atoms with E-state index in [2.05, 4.69) is 4.37 Å². The molecule has 1 fully saturated rings. The highest BCUT2D eigenvalue weighted by atomic mass is 32.1. The van der Waals surface area contributed by atoms with Gasteiger partial charge in [0.15, 0.2) is 0 Å². The maximum absolute atomic E-state index is 12.0. The number of carbonyl (C=O) groups excluding carboxylic acids is 1. The molecule has 1 aliphatic rings. The van der Waals surface area contributed by atoms with E-state index in [-0.39, 0.29) is 5.78 Å². The molecule has 1 aromatic rings. The van der Waals surface area contributed by atoms with Gasteiger partial charge in [0, 0.05) is 12.0 Å². The van der Waals surface area contributed by atoms with E-state index < -0.39 is 5.60 Å². The number of nitrogens with zero attached hydrogens (tertiary/aromatic N) is 1. The molecule has 0 aromatic carbocycles.